The van der Waals surface area contributed by atoms with Gasteiger partial charge in [0.25, 0.3) is 0 Å². The van der Waals surface area contributed by atoms with E-state index in [1.54, 1.807) is 12.4 Å². The minimum Gasteiger partial charge on any atom is -0.352 e. The minimum atomic E-state index is 0.0956. The van der Waals surface area contributed by atoms with E-state index in [4.69, 9.17) is 0 Å². The first-order valence-corrected chi connectivity index (χ1v) is 6.11. The third-order valence-electron chi connectivity index (χ3n) is 3.08. The quantitative estimate of drug-likeness (QED) is 0.841. The van der Waals surface area contributed by atoms with Gasteiger partial charge in [-0.3, -0.25) is 9.78 Å². The SMILES string of the molecule is CN1CCC[C@@H](NC(=O)Cc2cccnc2)C1. The summed E-state index contributed by atoms with van der Waals surface area (Å²) in [6.45, 7) is 2.09. The number of carbonyl (C=O) groups excluding carboxylic acids is 1. The molecule has 0 aliphatic carbocycles. The van der Waals surface area contributed by atoms with Crippen molar-refractivity contribution in [2.24, 2.45) is 0 Å². The topological polar surface area (TPSA) is 45.2 Å². The number of aromatic nitrogens is 1. The van der Waals surface area contributed by atoms with Gasteiger partial charge in [0.1, 0.15) is 0 Å². The Morgan fingerprint density at radius 1 is 1.65 bits per heavy atom. The molecule has 92 valence electrons. The third kappa shape index (κ3) is 3.82. The first-order valence-electron chi connectivity index (χ1n) is 6.11. The number of amides is 1. The van der Waals surface area contributed by atoms with E-state index >= 15 is 0 Å². The molecule has 1 atom stereocenters. The van der Waals surface area contributed by atoms with E-state index in [-0.39, 0.29) is 5.91 Å². The lowest BCUT2D eigenvalue weighted by atomic mass is 10.1. The van der Waals surface area contributed by atoms with E-state index in [0.29, 0.717) is 12.5 Å². The van der Waals surface area contributed by atoms with Crippen LogP contribution in [0.1, 0.15) is 18.4 Å². The molecule has 1 saturated heterocycles. The molecule has 0 aromatic carbocycles. The van der Waals surface area contributed by atoms with Gasteiger partial charge in [0, 0.05) is 25.0 Å². The maximum absolute atomic E-state index is 11.8. The fraction of sp³-hybridized carbons (Fsp3) is 0.538. The van der Waals surface area contributed by atoms with Gasteiger partial charge in [-0.1, -0.05) is 6.07 Å². The predicted octanol–water partition coefficient (Wildman–Crippen LogP) is 0.834. The zero-order valence-electron chi connectivity index (χ0n) is 10.2. The molecular weight excluding hydrogens is 214 g/mol. The van der Waals surface area contributed by atoms with Crippen molar-refractivity contribution >= 4 is 5.91 Å². The molecule has 1 N–H and O–H groups in total. The van der Waals surface area contributed by atoms with Crippen molar-refractivity contribution in [3.05, 3.63) is 30.1 Å². The number of piperidine rings is 1. The lowest BCUT2D eigenvalue weighted by Crippen LogP contribution is -2.46. The summed E-state index contributed by atoms with van der Waals surface area (Å²) in [7, 11) is 2.10. The molecule has 0 radical (unpaired) electrons. The number of likely N-dealkylation sites (tertiary alicyclic amines) is 1. The van der Waals surface area contributed by atoms with Crippen LogP contribution in [-0.2, 0) is 11.2 Å². The molecule has 0 bridgehead atoms. The van der Waals surface area contributed by atoms with Crippen molar-refractivity contribution in [2.75, 3.05) is 20.1 Å². The second-order valence-electron chi connectivity index (χ2n) is 4.71. The average molecular weight is 233 g/mol. The second kappa shape index (κ2) is 5.77. The second-order valence-corrected chi connectivity index (χ2v) is 4.71. The molecule has 1 aliphatic rings. The fourth-order valence-electron chi connectivity index (χ4n) is 2.25. The highest BCUT2D eigenvalue weighted by Crippen LogP contribution is 2.08. The van der Waals surface area contributed by atoms with Crippen LogP contribution in [0.4, 0.5) is 0 Å². The summed E-state index contributed by atoms with van der Waals surface area (Å²) in [6, 6.07) is 4.09. The molecule has 2 rings (SSSR count). The van der Waals surface area contributed by atoms with Crippen LogP contribution in [-0.4, -0.2) is 42.0 Å². The normalized spacial score (nSPS) is 21.1. The van der Waals surface area contributed by atoms with Crippen molar-refractivity contribution in [3.63, 3.8) is 0 Å². The molecule has 17 heavy (non-hydrogen) atoms. The third-order valence-corrected chi connectivity index (χ3v) is 3.08. The number of rotatable bonds is 3. The Morgan fingerprint density at radius 3 is 3.24 bits per heavy atom. The summed E-state index contributed by atoms with van der Waals surface area (Å²) < 4.78 is 0. The van der Waals surface area contributed by atoms with Gasteiger partial charge in [-0.15, -0.1) is 0 Å². The Labute approximate surface area is 102 Å². The molecule has 1 amide bonds. The molecule has 0 spiro atoms. The van der Waals surface area contributed by atoms with Crippen LogP contribution in [0.3, 0.4) is 0 Å². The van der Waals surface area contributed by atoms with E-state index < -0.39 is 0 Å². The van der Waals surface area contributed by atoms with Crippen LogP contribution in [0.5, 0.6) is 0 Å². The fourth-order valence-corrected chi connectivity index (χ4v) is 2.25. The number of pyridine rings is 1. The molecule has 4 nitrogen and oxygen atoms in total. The first-order chi connectivity index (χ1) is 8.24. The number of carbonyl (C=O) groups is 1. The maximum atomic E-state index is 11.8. The van der Waals surface area contributed by atoms with Crippen LogP contribution in [0.2, 0.25) is 0 Å². The highest BCUT2D eigenvalue weighted by Gasteiger charge is 2.18. The highest BCUT2D eigenvalue weighted by atomic mass is 16.1. The molecular formula is C13H19N3O. The number of hydrogen-bond acceptors (Lipinski definition) is 3. The summed E-state index contributed by atoms with van der Waals surface area (Å²) in [6.07, 6.45) is 6.13. The Balaban J connectivity index is 1.81. The lowest BCUT2D eigenvalue weighted by molar-refractivity contribution is -0.121. The van der Waals surface area contributed by atoms with Crippen LogP contribution in [0.25, 0.3) is 0 Å². The molecule has 1 fully saturated rings. The Bertz CT molecular complexity index is 366. The summed E-state index contributed by atoms with van der Waals surface area (Å²) >= 11 is 0. The Hall–Kier alpha value is -1.42. The first kappa shape index (κ1) is 12.0. The smallest absolute Gasteiger partial charge is 0.224 e. The van der Waals surface area contributed by atoms with Crippen molar-refractivity contribution in [1.29, 1.82) is 0 Å². The molecule has 0 unspecified atom stereocenters. The monoisotopic (exact) mass is 233 g/mol. The Kier molecular flexibility index (Phi) is 4.09. The van der Waals surface area contributed by atoms with Crippen molar-refractivity contribution in [2.45, 2.75) is 25.3 Å². The molecule has 2 heterocycles. The Morgan fingerprint density at radius 2 is 2.53 bits per heavy atom. The lowest BCUT2D eigenvalue weighted by Gasteiger charge is -2.30. The predicted molar refractivity (Wildman–Crippen MR) is 66.6 cm³/mol. The molecule has 4 heteroatoms. The van der Waals surface area contributed by atoms with E-state index in [1.807, 2.05) is 12.1 Å². The number of nitrogens with zero attached hydrogens (tertiary/aromatic N) is 2. The van der Waals surface area contributed by atoms with Gasteiger partial charge >= 0.3 is 0 Å². The van der Waals surface area contributed by atoms with Gasteiger partial charge in [-0.25, -0.2) is 0 Å². The standard InChI is InChI=1S/C13H19N3O/c1-16-7-3-5-12(10-16)15-13(17)8-11-4-2-6-14-9-11/h2,4,6,9,12H,3,5,7-8,10H2,1H3,(H,15,17)/t12-/m1/s1. The highest BCUT2D eigenvalue weighted by molar-refractivity contribution is 5.78. The summed E-state index contributed by atoms with van der Waals surface area (Å²) in [5.74, 6) is 0.0956. The van der Waals surface area contributed by atoms with Gasteiger partial charge in [0.15, 0.2) is 0 Å². The van der Waals surface area contributed by atoms with Crippen LogP contribution >= 0.6 is 0 Å². The van der Waals surface area contributed by atoms with Gasteiger partial charge < -0.3 is 10.2 Å². The molecule has 1 aromatic heterocycles. The van der Waals surface area contributed by atoms with E-state index in [1.165, 1.54) is 0 Å². The zero-order chi connectivity index (χ0) is 12.1. The van der Waals surface area contributed by atoms with Crippen LogP contribution in [0.15, 0.2) is 24.5 Å². The molecule has 0 saturated carbocycles. The van der Waals surface area contributed by atoms with E-state index in [0.717, 1.165) is 31.5 Å². The molecule has 1 aromatic rings. The van der Waals surface area contributed by atoms with Crippen LogP contribution < -0.4 is 5.32 Å². The van der Waals surface area contributed by atoms with Gasteiger partial charge in [-0.05, 0) is 38.1 Å². The van der Waals surface area contributed by atoms with Gasteiger partial charge in [-0.2, -0.15) is 0 Å². The summed E-state index contributed by atoms with van der Waals surface area (Å²) in [5, 5.41) is 3.09. The van der Waals surface area contributed by atoms with Gasteiger partial charge in [0.05, 0.1) is 6.42 Å². The molecule has 1 aliphatic heterocycles. The number of nitrogens with one attached hydrogen (secondary N) is 1. The largest absolute Gasteiger partial charge is 0.352 e. The summed E-state index contributed by atoms with van der Waals surface area (Å²) in [4.78, 5) is 18.1. The maximum Gasteiger partial charge on any atom is 0.224 e. The van der Waals surface area contributed by atoms with Crippen LogP contribution in [0, 0.1) is 0 Å². The van der Waals surface area contributed by atoms with Crippen molar-refractivity contribution in [3.8, 4) is 0 Å². The summed E-state index contributed by atoms with van der Waals surface area (Å²) in [5.41, 5.74) is 0.967. The number of likely N-dealkylation sites (N-methyl/N-ethyl adjacent to an activating group) is 1. The van der Waals surface area contributed by atoms with Crippen molar-refractivity contribution in [1.82, 2.24) is 15.2 Å². The van der Waals surface area contributed by atoms with Crippen molar-refractivity contribution < 1.29 is 4.79 Å². The minimum absolute atomic E-state index is 0.0956. The number of hydrogen-bond donors (Lipinski definition) is 1. The van der Waals surface area contributed by atoms with E-state index in [9.17, 15) is 4.79 Å². The van der Waals surface area contributed by atoms with Gasteiger partial charge in [0.2, 0.25) is 5.91 Å². The van der Waals surface area contributed by atoms with E-state index in [2.05, 4.69) is 22.2 Å². The zero-order valence-corrected chi connectivity index (χ0v) is 10.2. The average Bonchev–Trinajstić information content (AvgIpc) is 2.30.